The van der Waals surface area contributed by atoms with E-state index in [0.29, 0.717) is 30.3 Å². The highest BCUT2D eigenvalue weighted by molar-refractivity contribution is 5.89. The number of rotatable bonds is 21. The molecule has 1 N–H and O–H groups in total. The lowest BCUT2D eigenvalue weighted by Gasteiger charge is -2.44. The maximum atomic E-state index is 12.6. The molecule has 4 rings (SSSR count). The first-order chi connectivity index (χ1) is 27.5. The number of unbranched alkanes of at least 4 members (excludes halogenated alkanes) is 4. The smallest absolute Gasteiger partial charge is 0.338 e. The van der Waals surface area contributed by atoms with E-state index in [1.54, 1.807) is 50.6 Å². The first-order valence-electron chi connectivity index (χ1n) is 20.8. The number of esters is 2. The van der Waals surface area contributed by atoms with Gasteiger partial charge in [0, 0.05) is 53.5 Å². The van der Waals surface area contributed by atoms with E-state index in [1.807, 2.05) is 31.2 Å². The third-order valence-corrected chi connectivity index (χ3v) is 11.1. The third-order valence-electron chi connectivity index (χ3n) is 11.1. The van der Waals surface area contributed by atoms with Gasteiger partial charge in [0.25, 0.3) is 0 Å². The zero-order valence-electron chi connectivity index (χ0n) is 35.5. The summed E-state index contributed by atoms with van der Waals surface area (Å²) in [6.45, 7) is 14.8. The van der Waals surface area contributed by atoms with E-state index in [9.17, 15) is 14.4 Å². The van der Waals surface area contributed by atoms with Crippen LogP contribution in [0.15, 0.2) is 60.7 Å². The van der Waals surface area contributed by atoms with Gasteiger partial charge < -0.3 is 43.2 Å². The second-order valence-corrected chi connectivity index (χ2v) is 15.2. The summed E-state index contributed by atoms with van der Waals surface area (Å²) in [4.78, 5) is 36.6. The molecule has 4 unspecified atom stereocenters. The highest BCUT2D eigenvalue weighted by Crippen LogP contribution is 2.35. The van der Waals surface area contributed by atoms with Crippen LogP contribution in [0.2, 0.25) is 0 Å². The summed E-state index contributed by atoms with van der Waals surface area (Å²) in [5.41, 5.74) is 1.06. The molecular weight excluding hydrogens is 730 g/mol. The molecule has 2 aromatic carbocycles. The summed E-state index contributed by atoms with van der Waals surface area (Å²) in [7, 11) is 3.41. The SMILES string of the molecule is CCC1O[C@H](OCCCCCOC)C(OC(=O)c2ccccc2)[C@@H](C)[C@@H]1C.COCCCCCO[C@@H]1OC(COC(=O)c2ccccc2)[C@H](C)[C@H](C)C1NC(C)=O. The van der Waals surface area contributed by atoms with Gasteiger partial charge in [-0.05, 0) is 87.0 Å². The molecule has 0 radical (unpaired) electrons. The molecule has 2 aliphatic heterocycles. The lowest BCUT2D eigenvalue weighted by atomic mass is 9.82. The predicted octanol–water partition coefficient (Wildman–Crippen LogP) is 7.63. The van der Waals surface area contributed by atoms with Crippen molar-refractivity contribution in [3.8, 4) is 0 Å². The fourth-order valence-corrected chi connectivity index (χ4v) is 7.12. The molecule has 2 aromatic rings. The van der Waals surface area contributed by atoms with E-state index in [2.05, 4.69) is 33.0 Å². The Morgan fingerprint density at radius 2 is 1.11 bits per heavy atom. The van der Waals surface area contributed by atoms with Crippen LogP contribution < -0.4 is 5.32 Å². The fraction of sp³-hybridized carbons (Fsp3) is 0.667. The van der Waals surface area contributed by atoms with Crippen LogP contribution in [0.5, 0.6) is 0 Å². The second-order valence-electron chi connectivity index (χ2n) is 15.2. The molecule has 2 aliphatic rings. The van der Waals surface area contributed by atoms with E-state index in [4.69, 9.17) is 37.9 Å². The van der Waals surface area contributed by atoms with Crippen LogP contribution in [0.3, 0.4) is 0 Å². The molecule has 0 aliphatic carbocycles. The minimum absolute atomic E-state index is 0.0759. The van der Waals surface area contributed by atoms with Crippen molar-refractivity contribution in [2.24, 2.45) is 23.7 Å². The standard InChI is InChI=1S/C23H35NO6.C22H34O5/c1-16-17(2)21(24-18(3)25)23(28-14-10-6-9-13-27-4)30-20(16)15-29-22(26)19-11-7-5-8-12-19;1-5-19-16(2)17(3)20(27-21(23)18-12-8-6-9-13-18)22(26-19)25-15-11-7-10-14-24-4/h5,7-8,11-12,16-17,20-21,23H,6,9-10,13-15H2,1-4H3,(H,24,25);6,8-9,12-13,16-17,19-20,22H,5,7,10-11,14-15H2,1-4H3/t16-,17+,20?,21?,23-;16-,17-,19?,20?,22-/m10/s1. The summed E-state index contributed by atoms with van der Waals surface area (Å²) in [6.07, 6.45) is 5.06. The highest BCUT2D eigenvalue weighted by atomic mass is 16.7. The van der Waals surface area contributed by atoms with Crippen LogP contribution in [0.25, 0.3) is 0 Å². The number of benzene rings is 2. The van der Waals surface area contributed by atoms with Crippen molar-refractivity contribution in [3.05, 3.63) is 71.8 Å². The Balaban J connectivity index is 0.000000307. The average Bonchev–Trinajstić information content (AvgIpc) is 3.22. The third kappa shape index (κ3) is 16.1. The Bertz CT molecular complexity index is 1410. The number of carbonyl (C=O) groups excluding carboxylic acids is 3. The van der Waals surface area contributed by atoms with Crippen molar-refractivity contribution in [1.82, 2.24) is 5.32 Å². The van der Waals surface area contributed by atoms with Crippen LogP contribution >= 0.6 is 0 Å². The van der Waals surface area contributed by atoms with Gasteiger partial charge in [0.2, 0.25) is 5.91 Å². The van der Waals surface area contributed by atoms with Gasteiger partial charge in [-0.25, -0.2) is 9.59 Å². The Kier molecular flexibility index (Phi) is 22.4. The molecule has 0 aromatic heterocycles. The molecule has 0 saturated carbocycles. The molecule has 2 saturated heterocycles. The Hall–Kier alpha value is -3.39. The monoisotopic (exact) mass is 799 g/mol. The van der Waals surface area contributed by atoms with Gasteiger partial charge in [-0.1, -0.05) is 71.0 Å². The van der Waals surface area contributed by atoms with Crippen LogP contribution in [-0.4, -0.2) is 102 Å². The summed E-state index contributed by atoms with van der Waals surface area (Å²) >= 11 is 0. The van der Waals surface area contributed by atoms with Gasteiger partial charge in [0.15, 0.2) is 18.7 Å². The van der Waals surface area contributed by atoms with Crippen LogP contribution in [0, 0.1) is 23.7 Å². The lowest BCUT2D eigenvalue weighted by molar-refractivity contribution is -0.269. The van der Waals surface area contributed by atoms with E-state index in [0.717, 1.165) is 58.2 Å². The molecule has 2 heterocycles. The molecule has 0 spiro atoms. The number of carbonyl (C=O) groups is 3. The Morgan fingerprint density at radius 1 is 0.614 bits per heavy atom. The zero-order valence-corrected chi connectivity index (χ0v) is 35.5. The molecular formula is C45H69NO11. The number of hydrogen-bond acceptors (Lipinski definition) is 11. The van der Waals surface area contributed by atoms with Gasteiger partial charge in [-0.2, -0.15) is 0 Å². The van der Waals surface area contributed by atoms with Crippen molar-refractivity contribution in [2.45, 2.75) is 123 Å². The predicted molar refractivity (Wildman–Crippen MR) is 218 cm³/mol. The molecule has 1 amide bonds. The maximum Gasteiger partial charge on any atom is 0.338 e. The van der Waals surface area contributed by atoms with E-state index < -0.39 is 18.7 Å². The summed E-state index contributed by atoms with van der Waals surface area (Å²) in [5, 5.41) is 2.97. The molecule has 0 bridgehead atoms. The fourth-order valence-electron chi connectivity index (χ4n) is 7.12. The first kappa shape index (κ1) is 48.0. The average molecular weight is 800 g/mol. The molecule has 12 nitrogen and oxygen atoms in total. The minimum atomic E-state index is -0.581. The van der Waals surface area contributed by atoms with Gasteiger partial charge in [-0.3, -0.25) is 4.79 Å². The van der Waals surface area contributed by atoms with Crippen molar-refractivity contribution < 1.29 is 52.3 Å². The summed E-state index contributed by atoms with van der Waals surface area (Å²) < 4.78 is 45.8. The number of hydrogen-bond donors (Lipinski definition) is 1. The van der Waals surface area contributed by atoms with Gasteiger partial charge >= 0.3 is 11.9 Å². The topological polar surface area (TPSA) is 137 Å². The summed E-state index contributed by atoms with van der Waals surface area (Å²) in [5.74, 6) is -0.190. The Morgan fingerprint density at radius 3 is 1.63 bits per heavy atom. The molecule has 57 heavy (non-hydrogen) atoms. The van der Waals surface area contributed by atoms with Crippen molar-refractivity contribution in [2.75, 3.05) is 47.3 Å². The van der Waals surface area contributed by atoms with E-state index in [-0.39, 0.29) is 60.5 Å². The second kappa shape index (κ2) is 26.6. The Labute approximate surface area is 340 Å². The van der Waals surface area contributed by atoms with Gasteiger partial charge in [0.1, 0.15) is 6.61 Å². The summed E-state index contributed by atoms with van der Waals surface area (Å²) in [6, 6.07) is 17.7. The minimum Gasteiger partial charge on any atom is -0.459 e. The molecule has 320 valence electrons. The van der Waals surface area contributed by atoms with Gasteiger partial charge in [0.05, 0.1) is 29.4 Å². The maximum absolute atomic E-state index is 12.6. The number of methoxy groups -OCH3 is 2. The van der Waals surface area contributed by atoms with Crippen molar-refractivity contribution in [3.63, 3.8) is 0 Å². The normalized spacial score (nSPS) is 27.1. The van der Waals surface area contributed by atoms with Crippen LogP contribution in [-0.2, 0) is 42.7 Å². The van der Waals surface area contributed by atoms with E-state index >= 15 is 0 Å². The molecule has 2 fully saturated rings. The molecule has 10 atom stereocenters. The van der Waals surface area contributed by atoms with Crippen molar-refractivity contribution >= 4 is 17.8 Å². The largest absolute Gasteiger partial charge is 0.459 e. The molecule has 12 heteroatoms. The zero-order chi connectivity index (χ0) is 41.6. The first-order valence-corrected chi connectivity index (χ1v) is 20.8. The van der Waals surface area contributed by atoms with Crippen LogP contribution in [0.4, 0.5) is 0 Å². The number of ether oxygens (including phenoxy) is 8. The lowest BCUT2D eigenvalue weighted by Crippen LogP contribution is -2.58. The number of amides is 1. The highest BCUT2D eigenvalue weighted by Gasteiger charge is 2.44. The van der Waals surface area contributed by atoms with Gasteiger partial charge in [-0.15, -0.1) is 0 Å². The quantitative estimate of drug-likeness (QED) is 0.0986. The number of nitrogens with one attached hydrogen (secondary N) is 1. The van der Waals surface area contributed by atoms with Crippen molar-refractivity contribution in [1.29, 1.82) is 0 Å². The van der Waals surface area contributed by atoms with E-state index in [1.165, 1.54) is 6.92 Å². The van der Waals surface area contributed by atoms with Crippen LogP contribution in [0.1, 0.15) is 107 Å².